The number of halogens is 3. The van der Waals surface area contributed by atoms with Crippen molar-refractivity contribution in [3.8, 4) is 28.3 Å². The van der Waals surface area contributed by atoms with E-state index in [2.05, 4.69) is 14.7 Å². The lowest BCUT2D eigenvalue weighted by atomic mass is 10.0. The van der Waals surface area contributed by atoms with Gasteiger partial charge in [0.25, 0.3) is 0 Å². The Balaban J connectivity index is 1.70. The molecule has 10 nitrogen and oxygen atoms in total. The Labute approximate surface area is 240 Å². The third-order valence-corrected chi connectivity index (χ3v) is 8.20. The van der Waals surface area contributed by atoms with Crippen LogP contribution in [0, 0.1) is 11.6 Å². The highest BCUT2D eigenvalue weighted by Gasteiger charge is 2.26. The molecule has 0 radical (unpaired) electrons. The first-order valence-electron chi connectivity index (χ1n) is 13.1. The monoisotopic (exact) mass is 602 g/mol. The Kier molecular flexibility index (Phi) is 8.36. The lowest BCUT2D eigenvalue weighted by Gasteiger charge is -2.35. The van der Waals surface area contributed by atoms with Crippen LogP contribution in [0.4, 0.5) is 30.5 Å². The lowest BCUT2D eigenvalue weighted by molar-refractivity contribution is 0.0987. The molecular weight excluding hydrogens is 573 g/mol. The molecule has 2 aromatic heterocycles. The first-order valence-corrected chi connectivity index (χ1v) is 14.8. The summed E-state index contributed by atoms with van der Waals surface area (Å²) in [6.07, 6.45) is 1.05. The molecule has 5 rings (SSSR count). The first kappa shape index (κ1) is 29.3. The minimum atomic E-state index is -3.97. The fourth-order valence-electron chi connectivity index (χ4n) is 4.78. The van der Waals surface area contributed by atoms with Gasteiger partial charge in [0.15, 0.2) is 11.6 Å². The number of fused-ring (bicyclic) bond motifs is 1. The highest BCUT2D eigenvalue weighted by atomic mass is 32.2. The molecule has 3 heterocycles. The molecule has 1 fully saturated rings. The fraction of sp³-hybridized carbons (Fsp3) is 0.321. The van der Waals surface area contributed by atoms with Crippen molar-refractivity contribution in [2.75, 3.05) is 54.7 Å². The Hall–Kier alpha value is -4.17. The summed E-state index contributed by atoms with van der Waals surface area (Å²) in [4.78, 5) is 15.3. The van der Waals surface area contributed by atoms with Crippen LogP contribution in [0.25, 0.3) is 33.4 Å². The molecule has 1 aliphatic heterocycles. The molecule has 0 unspecified atom stereocenters. The van der Waals surface area contributed by atoms with E-state index >= 15 is 4.39 Å². The predicted octanol–water partition coefficient (Wildman–Crippen LogP) is 4.55. The van der Waals surface area contributed by atoms with Gasteiger partial charge in [-0.15, -0.1) is 0 Å². The zero-order valence-corrected chi connectivity index (χ0v) is 23.7. The quantitative estimate of drug-likeness (QED) is 0.283. The average molecular weight is 603 g/mol. The van der Waals surface area contributed by atoms with Gasteiger partial charge in [0.05, 0.1) is 50.0 Å². The van der Waals surface area contributed by atoms with Crippen molar-refractivity contribution in [2.45, 2.75) is 19.4 Å². The van der Waals surface area contributed by atoms with E-state index in [1.165, 1.54) is 31.5 Å². The van der Waals surface area contributed by atoms with E-state index in [4.69, 9.17) is 20.2 Å². The highest BCUT2D eigenvalue weighted by Crippen LogP contribution is 2.39. The second-order valence-electron chi connectivity index (χ2n) is 9.78. The number of hydrogen-bond acceptors (Lipinski definition) is 9. The minimum Gasteiger partial charge on any atom is -0.494 e. The van der Waals surface area contributed by atoms with Gasteiger partial charge in [-0.05, 0) is 37.1 Å². The number of nitrogens with zero attached hydrogens (tertiary/aromatic N) is 4. The van der Waals surface area contributed by atoms with E-state index in [0.29, 0.717) is 42.0 Å². The second-order valence-corrected chi connectivity index (χ2v) is 11.6. The summed E-state index contributed by atoms with van der Waals surface area (Å²) in [5, 5.41) is 0.499. The van der Waals surface area contributed by atoms with Crippen LogP contribution >= 0.6 is 0 Å². The van der Waals surface area contributed by atoms with E-state index < -0.39 is 34.1 Å². The molecule has 0 amide bonds. The van der Waals surface area contributed by atoms with Gasteiger partial charge in [0, 0.05) is 29.8 Å². The number of nitrogen functional groups attached to an aromatic ring is 1. The summed E-state index contributed by atoms with van der Waals surface area (Å²) in [5.41, 5.74) is 6.20. The largest absolute Gasteiger partial charge is 0.494 e. The van der Waals surface area contributed by atoms with Gasteiger partial charge in [0.2, 0.25) is 10.0 Å². The molecule has 0 bridgehead atoms. The highest BCUT2D eigenvalue weighted by molar-refractivity contribution is 7.92. The molecule has 0 saturated carbocycles. The van der Waals surface area contributed by atoms with Gasteiger partial charge < -0.3 is 20.1 Å². The number of hydrogen-bond donors (Lipinski definition) is 2. The topological polar surface area (TPSA) is 133 Å². The molecular formula is C28H29F3N6O4S. The van der Waals surface area contributed by atoms with Crippen molar-refractivity contribution in [2.24, 2.45) is 0 Å². The number of nitrogens with one attached hydrogen (secondary N) is 1. The molecule has 222 valence electrons. The van der Waals surface area contributed by atoms with Crippen molar-refractivity contribution in [1.82, 2.24) is 15.0 Å². The van der Waals surface area contributed by atoms with Crippen molar-refractivity contribution >= 4 is 38.2 Å². The molecule has 0 aliphatic carbocycles. The number of benzene rings is 2. The molecule has 14 heteroatoms. The van der Waals surface area contributed by atoms with Crippen LogP contribution in [0.15, 0.2) is 42.6 Å². The van der Waals surface area contributed by atoms with Gasteiger partial charge >= 0.3 is 0 Å². The average Bonchev–Trinajstić information content (AvgIpc) is 2.96. The van der Waals surface area contributed by atoms with E-state index in [1.54, 1.807) is 12.1 Å². The lowest BCUT2D eigenvalue weighted by Crippen LogP contribution is -2.44. The van der Waals surface area contributed by atoms with Crippen molar-refractivity contribution in [3.63, 3.8) is 0 Å². The number of aromatic nitrogens is 3. The van der Waals surface area contributed by atoms with Crippen LogP contribution in [0.5, 0.6) is 5.75 Å². The molecule has 42 heavy (non-hydrogen) atoms. The van der Waals surface area contributed by atoms with Crippen LogP contribution < -0.4 is 20.1 Å². The summed E-state index contributed by atoms with van der Waals surface area (Å²) >= 11 is 0. The van der Waals surface area contributed by atoms with Crippen molar-refractivity contribution in [1.29, 1.82) is 0 Å². The van der Waals surface area contributed by atoms with Crippen LogP contribution in [0.3, 0.4) is 0 Å². The summed E-state index contributed by atoms with van der Waals surface area (Å²) < 4.78 is 81.4. The van der Waals surface area contributed by atoms with Crippen LogP contribution in [0.1, 0.15) is 13.3 Å². The third kappa shape index (κ3) is 5.90. The van der Waals surface area contributed by atoms with Gasteiger partial charge in [0.1, 0.15) is 28.7 Å². The first-order chi connectivity index (χ1) is 20.1. The molecule has 2 aromatic carbocycles. The van der Waals surface area contributed by atoms with Gasteiger partial charge in [-0.2, -0.15) is 0 Å². The summed E-state index contributed by atoms with van der Waals surface area (Å²) in [5.74, 6) is -1.18. The van der Waals surface area contributed by atoms with Crippen LogP contribution in [-0.4, -0.2) is 68.7 Å². The molecule has 0 spiro atoms. The summed E-state index contributed by atoms with van der Waals surface area (Å²) in [6.45, 7) is 2.48. The molecule has 4 aromatic rings. The summed E-state index contributed by atoms with van der Waals surface area (Å²) in [7, 11) is -2.54. The van der Waals surface area contributed by atoms with Gasteiger partial charge in [-0.1, -0.05) is 12.1 Å². The summed E-state index contributed by atoms with van der Waals surface area (Å²) in [6, 6.07) is 8.50. The maximum atomic E-state index is 15.8. The van der Waals surface area contributed by atoms with Crippen molar-refractivity contribution < 1.29 is 31.1 Å². The van der Waals surface area contributed by atoms with Crippen molar-refractivity contribution in [3.05, 3.63) is 54.2 Å². The predicted molar refractivity (Wildman–Crippen MR) is 155 cm³/mol. The zero-order valence-electron chi connectivity index (χ0n) is 22.9. The second kappa shape index (κ2) is 12.0. The van der Waals surface area contributed by atoms with E-state index in [9.17, 15) is 17.2 Å². The standard InChI is InChI=1S/C28H29F3N6O4S/c1-16-15-41-9-8-37(16)28-19-11-17(18-5-3-6-22(25(18)31)36-42(38,39)10-4-7-29)12-23(40-2)26(19)34-27(35-28)20-14-33-24(32)13-21(20)30/h3,5-6,11-14,16,36H,4,7-10,15H2,1-2H3,(H2,32,33)/t16-/m1/s1. The third-order valence-electron chi connectivity index (χ3n) is 6.84. The Bertz CT molecular complexity index is 1740. The number of ether oxygens (including phenoxy) is 2. The number of alkyl halides is 1. The number of rotatable bonds is 9. The number of sulfonamides is 1. The van der Waals surface area contributed by atoms with E-state index in [0.717, 1.165) is 6.07 Å². The van der Waals surface area contributed by atoms with Crippen LogP contribution in [-0.2, 0) is 14.8 Å². The molecule has 1 atom stereocenters. The maximum Gasteiger partial charge on any atom is 0.232 e. The van der Waals surface area contributed by atoms with Gasteiger partial charge in [-0.25, -0.2) is 32.2 Å². The Morgan fingerprint density at radius 1 is 1.19 bits per heavy atom. The number of nitrogens with two attached hydrogens (primary N) is 1. The minimum absolute atomic E-state index is 0.00949. The number of anilines is 3. The fourth-order valence-corrected chi connectivity index (χ4v) is 5.87. The number of methoxy groups -OCH3 is 1. The molecule has 3 N–H and O–H groups in total. The Morgan fingerprint density at radius 2 is 2.00 bits per heavy atom. The maximum absolute atomic E-state index is 15.8. The number of pyridine rings is 1. The van der Waals surface area contributed by atoms with Gasteiger partial charge in [-0.3, -0.25) is 9.11 Å². The molecule has 1 saturated heterocycles. The zero-order chi connectivity index (χ0) is 30.0. The normalized spacial score (nSPS) is 15.6. The van der Waals surface area contributed by atoms with E-state index in [-0.39, 0.29) is 46.7 Å². The smallest absolute Gasteiger partial charge is 0.232 e. The Morgan fingerprint density at radius 3 is 2.71 bits per heavy atom. The molecule has 1 aliphatic rings. The van der Waals surface area contributed by atoms with E-state index in [1.807, 2.05) is 11.8 Å². The SMILES string of the molecule is COc1cc(-c2cccc(NS(=O)(=O)CCCF)c2F)cc2c(N3CCOC[C@H]3C)nc(-c3cnc(N)cc3F)nc12. The number of morpholine rings is 1. The van der Waals surface area contributed by atoms with Crippen LogP contribution in [0.2, 0.25) is 0 Å².